The highest BCUT2D eigenvalue weighted by Gasteiger charge is 2.00. The zero-order valence-electron chi connectivity index (χ0n) is 10.5. The van der Waals surface area contributed by atoms with Crippen molar-refractivity contribution in [3.8, 4) is 0 Å². The van der Waals surface area contributed by atoms with Crippen LogP contribution in [0.15, 0.2) is 0 Å². The summed E-state index contributed by atoms with van der Waals surface area (Å²) in [6.07, 6.45) is 0. The fourth-order valence-corrected chi connectivity index (χ4v) is 0.760. The van der Waals surface area contributed by atoms with Crippen LogP contribution in [0.5, 0.6) is 0 Å². The van der Waals surface area contributed by atoms with Crippen molar-refractivity contribution in [3.05, 3.63) is 0 Å². The first-order valence-corrected chi connectivity index (χ1v) is 5.15. The van der Waals surface area contributed by atoms with Crippen molar-refractivity contribution in [2.75, 3.05) is 39.5 Å². The van der Waals surface area contributed by atoms with Gasteiger partial charge in [-0.2, -0.15) is 0 Å². The Kier molecular flexibility index (Phi) is 21.8. The van der Waals surface area contributed by atoms with E-state index in [9.17, 15) is 0 Å². The van der Waals surface area contributed by atoms with E-state index in [-0.39, 0.29) is 25.8 Å². The smallest absolute Gasteiger partial charge is 0.300 e. The van der Waals surface area contributed by atoms with Crippen LogP contribution >= 0.6 is 0 Å². The van der Waals surface area contributed by atoms with Gasteiger partial charge in [0.15, 0.2) is 5.96 Å². The van der Waals surface area contributed by atoms with Crippen LogP contribution in [0.3, 0.4) is 0 Å². The van der Waals surface area contributed by atoms with Gasteiger partial charge in [0.2, 0.25) is 0 Å². The number of carboxylic acids is 1. The number of rotatable bonds is 6. The van der Waals surface area contributed by atoms with Crippen LogP contribution in [0.2, 0.25) is 0 Å². The summed E-state index contributed by atoms with van der Waals surface area (Å²) in [6, 6.07) is 0. The molecule has 0 aromatic carbocycles. The Hall–Kier alpha value is -1.42. The van der Waals surface area contributed by atoms with Crippen LogP contribution in [0.4, 0.5) is 0 Å². The Balaban J connectivity index is -0.000000233. The average Bonchev–Trinajstić information content (AvgIpc) is 2.17. The number of carbonyl (C=O) groups is 1. The molecule has 0 unspecified atom stereocenters. The van der Waals surface area contributed by atoms with Gasteiger partial charge in [-0.1, -0.05) is 0 Å². The second kappa shape index (κ2) is 18.0. The number of nitrogens with zero attached hydrogens (tertiary/aromatic N) is 1. The lowest BCUT2D eigenvalue weighted by Crippen LogP contribution is -2.32. The van der Waals surface area contributed by atoms with Gasteiger partial charge in [0, 0.05) is 26.6 Å². The standard InChI is InChI=1S/C6H15NO3.C2H4O2.CH5N3/c8-4-1-7(2-5-9)3-6-10;1-2(3)4;2-1(3)4/h8-10H,1-6H2;1H3,(H,3,4);(H5,2,3,4). The Morgan fingerprint density at radius 3 is 1.33 bits per heavy atom. The molecule has 0 aromatic rings. The number of hydrogen-bond acceptors (Lipinski definition) is 6. The normalized spacial score (nSPS) is 8.72. The van der Waals surface area contributed by atoms with Crippen LogP contribution in [0.1, 0.15) is 6.92 Å². The highest BCUT2D eigenvalue weighted by Crippen LogP contribution is 1.84. The van der Waals surface area contributed by atoms with Crippen molar-refractivity contribution in [3.63, 3.8) is 0 Å². The Morgan fingerprint density at radius 1 is 1.06 bits per heavy atom. The van der Waals surface area contributed by atoms with E-state index >= 15 is 0 Å². The molecule has 0 saturated carbocycles. The fraction of sp³-hybridized carbons (Fsp3) is 0.778. The number of aliphatic hydroxyl groups excluding tert-OH is 3. The lowest BCUT2D eigenvalue weighted by Gasteiger charge is -2.17. The van der Waals surface area contributed by atoms with E-state index in [2.05, 4.69) is 11.5 Å². The molecule has 0 aromatic heterocycles. The summed E-state index contributed by atoms with van der Waals surface area (Å²) in [5, 5.41) is 38.9. The summed E-state index contributed by atoms with van der Waals surface area (Å²) >= 11 is 0. The second-order valence-corrected chi connectivity index (χ2v) is 2.99. The molecule has 0 amide bonds. The van der Waals surface area contributed by atoms with Crippen molar-refractivity contribution in [1.29, 1.82) is 5.41 Å². The molecular weight excluding hydrogens is 244 g/mol. The Labute approximate surface area is 106 Å². The minimum Gasteiger partial charge on any atom is -0.481 e. The van der Waals surface area contributed by atoms with Gasteiger partial charge < -0.3 is 31.9 Å². The highest BCUT2D eigenvalue weighted by atomic mass is 16.4. The van der Waals surface area contributed by atoms with Crippen LogP contribution < -0.4 is 11.5 Å². The molecule has 9 N–H and O–H groups in total. The summed E-state index contributed by atoms with van der Waals surface area (Å²) in [5.41, 5.74) is 8.94. The van der Waals surface area contributed by atoms with Gasteiger partial charge in [-0.05, 0) is 0 Å². The molecule has 0 heterocycles. The van der Waals surface area contributed by atoms with Gasteiger partial charge in [-0.3, -0.25) is 15.1 Å². The van der Waals surface area contributed by atoms with E-state index in [1.54, 1.807) is 4.90 Å². The third-order valence-corrected chi connectivity index (χ3v) is 1.25. The first-order valence-electron chi connectivity index (χ1n) is 5.15. The van der Waals surface area contributed by atoms with Crippen LogP contribution in [-0.2, 0) is 4.79 Å². The van der Waals surface area contributed by atoms with Crippen molar-refractivity contribution in [2.24, 2.45) is 11.5 Å². The Bertz CT molecular complexity index is 169. The molecule has 110 valence electrons. The van der Waals surface area contributed by atoms with Gasteiger partial charge in [0.1, 0.15) is 0 Å². The molecule has 9 heteroatoms. The predicted molar refractivity (Wildman–Crippen MR) is 67.1 cm³/mol. The molecule has 0 saturated heterocycles. The van der Waals surface area contributed by atoms with Crippen molar-refractivity contribution >= 4 is 11.9 Å². The summed E-state index contributed by atoms with van der Waals surface area (Å²) in [5.74, 6) is -1.17. The largest absolute Gasteiger partial charge is 0.481 e. The van der Waals surface area contributed by atoms with Gasteiger partial charge in [-0.25, -0.2) is 0 Å². The lowest BCUT2D eigenvalue weighted by molar-refractivity contribution is -0.134. The lowest BCUT2D eigenvalue weighted by atomic mass is 10.4. The molecule has 0 atom stereocenters. The Morgan fingerprint density at radius 2 is 1.22 bits per heavy atom. The van der Waals surface area contributed by atoms with Crippen LogP contribution in [0, 0.1) is 5.41 Å². The molecule has 0 bridgehead atoms. The quantitative estimate of drug-likeness (QED) is 0.199. The molecule has 0 radical (unpaired) electrons. The minimum atomic E-state index is -0.833. The highest BCUT2D eigenvalue weighted by molar-refractivity contribution is 5.71. The SMILES string of the molecule is CC(=O)O.N=C(N)N.OCCN(CCO)CCO. The number of nitrogens with one attached hydrogen (secondary N) is 1. The molecule has 0 fully saturated rings. The number of aliphatic hydroxyl groups is 3. The zero-order chi connectivity index (χ0) is 15.0. The third kappa shape index (κ3) is 46.8. The van der Waals surface area contributed by atoms with Crippen molar-refractivity contribution in [2.45, 2.75) is 6.92 Å². The van der Waals surface area contributed by atoms with E-state index in [4.69, 9.17) is 30.6 Å². The summed E-state index contributed by atoms with van der Waals surface area (Å²) < 4.78 is 0. The van der Waals surface area contributed by atoms with Gasteiger partial charge >= 0.3 is 0 Å². The topological polar surface area (TPSA) is 177 Å². The molecule has 18 heavy (non-hydrogen) atoms. The first-order chi connectivity index (χ1) is 8.31. The number of aliphatic carboxylic acids is 1. The van der Waals surface area contributed by atoms with Gasteiger partial charge in [0.25, 0.3) is 5.97 Å². The maximum absolute atomic E-state index is 9.00. The van der Waals surface area contributed by atoms with Crippen molar-refractivity contribution in [1.82, 2.24) is 4.90 Å². The predicted octanol–water partition coefficient (Wildman–Crippen LogP) is -2.81. The molecule has 0 aliphatic rings. The minimum absolute atomic E-state index is 0.0694. The van der Waals surface area contributed by atoms with Gasteiger partial charge in [0.05, 0.1) is 19.8 Å². The monoisotopic (exact) mass is 268 g/mol. The van der Waals surface area contributed by atoms with E-state index < -0.39 is 5.97 Å². The number of guanidine groups is 1. The summed E-state index contributed by atoms with van der Waals surface area (Å²) in [7, 11) is 0. The first kappa shape index (κ1) is 21.8. The van der Waals surface area contributed by atoms with Crippen LogP contribution in [-0.4, -0.2) is 76.7 Å². The number of hydrogen-bond donors (Lipinski definition) is 7. The maximum Gasteiger partial charge on any atom is 0.300 e. The molecule has 0 spiro atoms. The van der Waals surface area contributed by atoms with E-state index in [0.717, 1.165) is 6.92 Å². The van der Waals surface area contributed by atoms with Gasteiger partial charge in [-0.15, -0.1) is 0 Å². The molecule has 0 aliphatic heterocycles. The average molecular weight is 268 g/mol. The van der Waals surface area contributed by atoms with E-state index in [1.165, 1.54) is 0 Å². The fourth-order valence-electron chi connectivity index (χ4n) is 0.760. The second-order valence-electron chi connectivity index (χ2n) is 2.99. The van der Waals surface area contributed by atoms with E-state index in [0.29, 0.717) is 19.6 Å². The van der Waals surface area contributed by atoms with Crippen molar-refractivity contribution < 1.29 is 25.2 Å². The maximum atomic E-state index is 9.00. The number of nitrogens with two attached hydrogens (primary N) is 2. The summed E-state index contributed by atoms with van der Waals surface area (Å²) in [4.78, 5) is 10.8. The van der Waals surface area contributed by atoms with Crippen LogP contribution in [0.25, 0.3) is 0 Å². The third-order valence-electron chi connectivity index (χ3n) is 1.25. The van der Waals surface area contributed by atoms with E-state index in [1.807, 2.05) is 0 Å². The molecular formula is C9H24N4O5. The molecule has 9 nitrogen and oxygen atoms in total. The number of carboxylic acid groups (broad SMARTS) is 1. The molecule has 0 rings (SSSR count). The summed E-state index contributed by atoms with van der Waals surface area (Å²) in [6.45, 7) is 2.84. The zero-order valence-corrected chi connectivity index (χ0v) is 10.5. The molecule has 0 aliphatic carbocycles.